The zero-order valence-electron chi connectivity index (χ0n) is 14.0. The summed E-state index contributed by atoms with van der Waals surface area (Å²) in [6, 6.07) is 12.0. The van der Waals surface area contributed by atoms with Crippen molar-refractivity contribution in [2.75, 3.05) is 13.1 Å². The summed E-state index contributed by atoms with van der Waals surface area (Å²) >= 11 is 0. The van der Waals surface area contributed by atoms with E-state index in [1.54, 1.807) is 47.5 Å². The molecule has 2 aromatic rings. The second-order valence-electron chi connectivity index (χ2n) is 6.32. The van der Waals surface area contributed by atoms with Gasteiger partial charge in [-0.25, -0.2) is 4.98 Å². The van der Waals surface area contributed by atoms with Gasteiger partial charge in [-0.2, -0.15) is 0 Å². The third kappa shape index (κ3) is 3.03. The lowest BCUT2D eigenvalue weighted by Crippen LogP contribution is -2.62. The molecule has 0 spiro atoms. The molecular weight excluding hydrogens is 334 g/mol. The van der Waals surface area contributed by atoms with Gasteiger partial charge in [-0.1, -0.05) is 12.1 Å². The highest BCUT2D eigenvalue weighted by Gasteiger charge is 2.42. The topological polar surface area (TPSA) is 79.8 Å². The quantitative estimate of drug-likeness (QED) is 0.786. The fourth-order valence-electron chi connectivity index (χ4n) is 3.19. The van der Waals surface area contributed by atoms with E-state index in [4.69, 9.17) is 4.74 Å². The zero-order chi connectivity index (χ0) is 18.1. The molecule has 132 valence electrons. The standard InChI is InChI=1S/C19H17N3O4/c23-17-7-8-18(24)22(17)14-11-21(12-14)19(25)13-4-3-5-15(10-13)26-16-6-1-2-9-20-16/h1-6,9-10,14H,7-8,11-12H2. The summed E-state index contributed by atoms with van der Waals surface area (Å²) < 4.78 is 5.65. The Labute approximate surface area is 150 Å². The Kier molecular flexibility index (Phi) is 4.12. The van der Waals surface area contributed by atoms with E-state index in [2.05, 4.69) is 4.98 Å². The highest BCUT2D eigenvalue weighted by atomic mass is 16.5. The van der Waals surface area contributed by atoms with Gasteiger partial charge in [-0.3, -0.25) is 19.3 Å². The van der Waals surface area contributed by atoms with Crippen LogP contribution in [0.5, 0.6) is 11.6 Å². The molecule has 0 N–H and O–H groups in total. The molecule has 0 radical (unpaired) electrons. The molecule has 2 aliphatic rings. The Hall–Kier alpha value is -3.22. The van der Waals surface area contributed by atoms with Crippen LogP contribution in [0.4, 0.5) is 0 Å². The van der Waals surface area contributed by atoms with Crippen LogP contribution >= 0.6 is 0 Å². The van der Waals surface area contributed by atoms with Crippen LogP contribution < -0.4 is 4.74 Å². The number of rotatable bonds is 4. The number of carbonyl (C=O) groups is 3. The van der Waals surface area contributed by atoms with Gasteiger partial charge in [-0.15, -0.1) is 0 Å². The third-order valence-corrected chi connectivity index (χ3v) is 4.55. The second kappa shape index (κ2) is 6.59. The largest absolute Gasteiger partial charge is 0.439 e. The number of benzene rings is 1. The number of likely N-dealkylation sites (tertiary alicyclic amines) is 2. The molecule has 0 atom stereocenters. The average Bonchev–Trinajstić information content (AvgIpc) is 2.94. The highest BCUT2D eigenvalue weighted by Crippen LogP contribution is 2.25. The van der Waals surface area contributed by atoms with Crippen molar-refractivity contribution >= 4 is 17.7 Å². The molecule has 0 saturated carbocycles. The van der Waals surface area contributed by atoms with Crippen molar-refractivity contribution in [1.29, 1.82) is 0 Å². The monoisotopic (exact) mass is 351 g/mol. The molecule has 3 amide bonds. The molecule has 3 heterocycles. The van der Waals surface area contributed by atoms with Crippen molar-refractivity contribution < 1.29 is 19.1 Å². The number of aromatic nitrogens is 1. The van der Waals surface area contributed by atoms with Gasteiger partial charge in [0.25, 0.3) is 5.91 Å². The first-order chi connectivity index (χ1) is 12.6. The lowest BCUT2D eigenvalue weighted by atomic mass is 10.0. The van der Waals surface area contributed by atoms with Crippen LogP contribution in [0.25, 0.3) is 0 Å². The summed E-state index contributed by atoms with van der Waals surface area (Å²) in [4.78, 5) is 43.2. The normalized spacial score (nSPS) is 17.4. The summed E-state index contributed by atoms with van der Waals surface area (Å²) in [6.45, 7) is 0.753. The van der Waals surface area contributed by atoms with Gasteiger partial charge in [0.1, 0.15) is 5.75 Å². The van der Waals surface area contributed by atoms with Crippen LogP contribution in [0.1, 0.15) is 23.2 Å². The number of hydrogen-bond donors (Lipinski definition) is 0. The first-order valence-electron chi connectivity index (χ1n) is 8.45. The molecule has 7 heteroatoms. The van der Waals surface area contributed by atoms with E-state index in [9.17, 15) is 14.4 Å². The van der Waals surface area contributed by atoms with Crippen LogP contribution in [0.2, 0.25) is 0 Å². The summed E-state index contributed by atoms with van der Waals surface area (Å²) in [7, 11) is 0. The third-order valence-electron chi connectivity index (χ3n) is 4.55. The van der Waals surface area contributed by atoms with Gasteiger partial charge in [-0.05, 0) is 24.3 Å². The lowest BCUT2D eigenvalue weighted by Gasteiger charge is -2.43. The minimum atomic E-state index is -0.200. The fraction of sp³-hybridized carbons (Fsp3) is 0.263. The van der Waals surface area contributed by atoms with E-state index in [-0.39, 0.29) is 36.6 Å². The SMILES string of the molecule is O=C(c1cccc(Oc2ccccn2)c1)N1CC(N2C(=O)CCC2=O)C1. The van der Waals surface area contributed by atoms with Gasteiger partial charge in [0.2, 0.25) is 17.7 Å². The maximum Gasteiger partial charge on any atom is 0.254 e. The molecular formula is C19H17N3O4. The molecule has 2 saturated heterocycles. The van der Waals surface area contributed by atoms with E-state index in [0.29, 0.717) is 30.3 Å². The lowest BCUT2D eigenvalue weighted by molar-refractivity contribution is -0.144. The molecule has 1 aromatic heterocycles. The van der Waals surface area contributed by atoms with E-state index in [1.165, 1.54) is 4.90 Å². The van der Waals surface area contributed by atoms with Crippen molar-refractivity contribution in [3.05, 3.63) is 54.2 Å². The Bertz CT molecular complexity index is 846. The number of pyridine rings is 1. The molecule has 7 nitrogen and oxygen atoms in total. The number of hydrogen-bond acceptors (Lipinski definition) is 5. The minimum Gasteiger partial charge on any atom is -0.439 e. The number of imide groups is 1. The van der Waals surface area contributed by atoms with E-state index in [0.717, 1.165) is 0 Å². The first kappa shape index (κ1) is 16.3. The Morgan fingerprint density at radius 1 is 1.04 bits per heavy atom. The van der Waals surface area contributed by atoms with E-state index < -0.39 is 0 Å². The molecule has 2 aliphatic heterocycles. The second-order valence-corrected chi connectivity index (χ2v) is 6.32. The van der Waals surface area contributed by atoms with Gasteiger partial charge in [0.05, 0.1) is 6.04 Å². The van der Waals surface area contributed by atoms with Crippen molar-refractivity contribution in [3.8, 4) is 11.6 Å². The van der Waals surface area contributed by atoms with Crippen LogP contribution in [-0.2, 0) is 9.59 Å². The van der Waals surface area contributed by atoms with Crippen molar-refractivity contribution in [3.63, 3.8) is 0 Å². The van der Waals surface area contributed by atoms with Crippen molar-refractivity contribution in [1.82, 2.24) is 14.8 Å². The maximum atomic E-state index is 12.6. The van der Waals surface area contributed by atoms with Gasteiger partial charge in [0.15, 0.2) is 0 Å². The number of carbonyl (C=O) groups excluding carboxylic acids is 3. The van der Waals surface area contributed by atoms with Crippen molar-refractivity contribution in [2.45, 2.75) is 18.9 Å². The highest BCUT2D eigenvalue weighted by molar-refractivity contribution is 6.03. The maximum absolute atomic E-state index is 12.6. The Morgan fingerprint density at radius 2 is 1.81 bits per heavy atom. The summed E-state index contributed by atoms with van der Waals surface area (Å²) in [5.41, 5.74) is 0.496. The first-order valence-corrected chi connectivity index (χ1v) is 8.45. The summed E-state index contributed by atoms with van der Waals surface area (Å²) in [6.07, 6.45) is 2.18. The van der Waals surface area contributed by atoms with Crippen molar-refractivity contribution in [2.24, 2.45) is 0 Å². The zero-order valence-corrected chi connectivity index (χ0v) is 14.0. The van der Waals surface area contributed by atoms with Gasteiger partial charge < -0.3 is 9.64 Å². The summed E-state index contributed by atoms with van der Waals surface area (Å²) in [5, 5.41) is 0. The fourth-order valence-corrected chi connectivity index (χ4v) is 3.19. The predicted molar refractivity (Wildman–Crippen MR) is 91.5 cm³/mol. The molecule has 0 bridgehead atoms. The van der Waals surface area contributed by atoms with Gasteiger partial charge >= 0.3 is 0 Å². The predicted octanol–water partition coefficient (Wildman–Crippen LogP) is 1.85. The number of nitrogens with zero attached hydrogens (tertiary/aromatic N) is 3. The molecule has 0 unspecified atom stereocenters. The molecule has 4 rings (SSSR count). The van der Waals surface area contributed by atoms with Crippen LogP contribution in [0, 0.1) is 0 Å². The van der Waals surface area contributed by atoms with Crippen LogP contribution in [-0.4, -0.2) is 51.6 Å². The van der Waals surface area contributed by atoms with Crippen LogP contribution in [0.3, 0.4) is 0 Å². The Balaban J connectivity index is 1.41. The smallest absolute Gasteiger partial charge is 0.254 e. The van der Waals surface area contributed by atoms with Gasteiger partial charge in [0, 0.05) is 43.8 Å². The molecule has 26 heavy (non-hydrogen) atoms. The minimum absolute atomic E-state index is 0.141. The van der Waals surface area contributed by atoms with Crippen LogP contribution in [0.15, 0.2) is 48.7 Å². The number of amides is 3. The Morgan fingerprint density at radius 3 is 2.50 bits per heavy atom. The molecule has 1 aromatic carbocycles. The average molecular weight is 351 g/mol. The van der Waals surface area contributed by atoms with E-state index >= 15 is 0 Å². The molecule has 2 fully saturated rings. The summed E-state index contributed by atoms with van der Waals surface area (Å²) in [5.74, 6) is 0.547. The van der Waals surface area contributed by atoms with E-state index in [1.807, 2.05) is 6.07 Å². The molecule has 0 aliphatic carbocycles. The number of ether oxygens (including phenoxy) is 1.